The van der Waals surface area contributed by atoms with Gasteiger partial charge in [-0.05, 0) is 35.9 Å². The van der Waals surface area contributed by atoms with Crippen LogP contribution in [0.3, 0.4) is 0 Å². The van der Waals surface area contributed by atoms with E-state index >= 15 is 0 Å². The first kappa shape index (κ1) is 16.5. The van der Waals surface area contributed by atoms with Gasteiger partial charge in [0.15, 0.2) is 23.0 Å². The Morgan fingerprint density at radius 3 is 2.08 bits per heavy atom. The van der Waals surface area contributed by atoms with Gasteiger partial charge in [-0.3, -0.25) is 0 Å². The second kappa shape index (κ2) is 7.01. The zero-order chi connectivity index (χ0) is 17.1. The van der Waals surface area contributed by atoms with E-state index in [2.05, 4.69) is 23.5 Å². The Hall–Kier alpha value is -2.40. The summed E-state index contributed by atoms with van der Waals surface area (Å²) in [6.45, 7) is 1.03. The van der Waals surface area contributed by atoms with Gasteiger partial charge >= 0.3 is 0 Å². The van der Waals surface area contributed by atoms with E-state index in [-0.39, 0.29) is 6.04 Å². The first-order chi connectivity index (χ1) is 11.7. The fourth-order valence-electron chi connectivity index (χ4n) is 3.34. The molecule has 128 valence electrons. The fourth-order valence-corrected chi connectivity index (χ4v) is 3.34. The molecule has 3 rings (SSSR count). The van der Waals surface area contributed by atoms with Crippen LogP contribution in [0.4, 0.5) is 0 Å². The minimum Gasteiger partial charge on any atom is -0.493 e. The van der Waals surface area contributed by atoms with Crippen molar-refractivity contribution in [1.29, 1.82) is 0 Å². The Balaban J connectivity index is 2.06. The number of nitrogens with two attached hydrogens (primary N) is 1. The van der Waals surface area contributed by atoms with Crippen molar-refractivity contribution in [1.82, 2.24) is 0 Å². The van der Waals surface area contributed by atoms with E-state index in [1.807, 2.05) is 12.1 Å². The van der Waals surface area contributed by atoms with Gasteiger partial charge in [-0.1, -0.05) is 0 Å². The molecule has 0 unspecified atom stereocenters. The number of hydrogen-bond acceptors (Lipinski definition) is 4. The van der Waals surface area contributed by atoms with Crippen molar-refractivity contribution in [2.45, 2.75) is 12.5 Å². The van der Waals surface area contributed by atoms with E-state index in [1.54, 1.807) is 28.4 Å². The van der Waals surface area contributed by atoms with Crippen LogP contribution < -0.4 is 24.3 Å². The van der Waals surface area contributed by atoms with Crippen LogP contribution in [0.1, 0.15) is 22.7 Å². The third-order valence-corrected chi connectivity index (χ3v) is 4.56. The lowest BCUT2D eigenvalue weighted by Gasteiger charge is -2.26. The van der Waals surface area contributed by atoms with Crippen LogP contribution >= 0.6 is 0 Å². The SMILES string of the molecule is COc1ccc([C@@H]2[NH2+]CCc3cc(OC)c(OC)cc32)cc1OC. The van der Waals surface area contributed by atoms with E-state index in [4.69, 9.17) is 18.9 Å². The number of ether oxygens (including phenoxy) is 4. The van der Waals surface area contributed by atoms with Crippen molar-refractivity contribution >= 4 is 0 Å². The predicted molar refractivity (Wildman–Crippen MR) is 91.4 cm³/mol. The first-order valence-corrected chi connectivity index (χ1v) is 8.01. The highest BCUT2D eigenvalue weighted by atomic mass is 16.5. The van der Waals surface area contributed by atoms with E-state index in [0.29, 0.717) is 0 Å². The largest absolute Gasteiger partial charge is 0.493 e. The van der Waals surface area contributed by atoms with Gasteiger partial charge in [0.05, 0.1) is 35.0 Å². The highest BCUT2D eigenvalue weighted by molar-refractivity contribution is 5.52. The number of rotatable bonds is 5. The average molecular weight is 330 g/mol. The summed E-state index contributed by atoms with van der Waals surface area (Å²) in [7, 11) is 6.65. The molecule has 0 aromatic heterocycles. The quantitative estimate of drug-likeness (QED) is 0.910. The van der Waals surface area contributed by atoms with E-state index < -0.39 is 0 Å². The van der Waals surface area contributed by atoms with Crippen molar-refractivity contribution in [2.24, 2.45) is 0 Å². The second-order valence-corrected chi connectivity index (χ2v) is 5.77. The van der Waals surface area contributed by atoms with Crippen LogP contribution in [0.25, 0.3) is 0 Å². The van der Waals surface area contributed by atoms with Crippen molar-refractivity contribution in [3.63, 3.8) is 0 Å². The summed E-state index contributed by atoms with van der Waals surface area (Å²) in [5.74, 6) is 3.03. The summed E-state index contributed by atoms with van der Waals surface area (Å²) >= 11 is 0. The molecule has 5 heteroatoms. The van der Waals surface area contributed by atoms with Gasteiger partial charge in [-0.2, -0.15) is 0 Å². The van der Waals surface area contributed by atoms with Crippen molar-refractivity contribution in [2.75, 3.05) is 35.0 Å². The zero-order valence-electron chi connectivity index (χ0n) is 14.6. The maximum Gasteiger partial charge on any atom is 0.161 e. The van der Waals surface area contributed by atoms with Crippen LogP contribution in [0.2, 0.25) is 0 Å². The van der Waals surface area contributed by atoms with Crippen molar-refractivity contribution in [3.8, 4) is 23.0 Å². The Morgan fingerprint density at radius 2 is 1.42 bits per heavy atom. The molecule has 1 heterocycles. The molecule has 0 radical (unpaired) electrons. The molecule has 5 nitrogen and oxygen atoms in total. The van der Waals surface area contributed by atoms with Crippen molar-refractivity contribution < 1.29 is 24.3 Å². The standard InChI is InChI=1S/C19H23NO4/c1-21-15-6-5-13(10-16(15)22-2)19-14-11-18(24-4)17(23-3)9-12(14)7-8-20-19/h5-6,9-11,19-20H,7-8H2,1-4H3/p+1/t19-/m0/s1. The molecular weight excluding hydrogens is 306 g/mol. The molecule has 0 spiro atoms. The first-order valence-electron chi connectivity index (χ1n) is 8.01. The summed E-state index contributed by atoms with van der Waals surface area (Å²) in [5, 5.41) is 2.34. The highest BCUT2D eigenvalue weighted by Gasteiger charge is 2.28. The summed E-state index contributed by atoms with van der Waals surface area (Å²) in [5.41, 5.74) is 3.74. The Labute approximate surface area is 142 Å². The van der Waals surface area contributed by atoms with Crippen LogP contribution in [-0.4, -0.2) is 35.0 Å². The third kappa shape index (κ3) is 2.87. The molecule has 24 heavy (non-hydrogen) atoms. The number of benzene rings is 2. The summed E-state index contributed by atoms with van der Waals surface area (Å²) < 4.78 is 21.7. The number of methoxy groups -OCH3 is 4. The van der Waals surface area contributed by atoms with Crippen LogP contribution in [0.5, 0.6) is 23.0 Å². The Morgan fingerprint density at radius 1 is 0.792 bits per heavy atom. The number of quaternary nitrogens is 1. The van der Waals surface area contributed by atoms with Gasteiger partial charge in [-0.15, -0.1) is 0 Å². The second-order valence-electron chi connectivity index (χ2n) is 5.77. The molecule has 1 aliphatic heterocycles. The summed E-state index contributed by atoms with van der Waals surface area (Å²) in [6, 6.07) is 10.5. The van der Waals surface area contributed by atoms with Gasteiger partial charge in [-0.25, -0.2) is 0 Å². The minimum atomic E-state index is 0.202. The molecule has 2 N–H and O–H groups in total. The Kier molecular flexibility index (Phi) is 4.81. The molecule has 0 saturated heterocycles. The van der Waals surface area contributed by atoms with Crippen LogP contribution in [0.15, 0.2) is 30.3 Å². The van der Waals surface area contributed by atoms with E-state index in [0.717, 1.165) is 36.0 Å². The number of fused-ring (bicyclic) bond motifs is 1. The summed E-state index contributed by atoms with van der Waals surface area (Å²) in [4.78, 5) is 0. The van der Waals surface area contributed by atoms with Gasteiger partial charge in [0.2, 0.25) is 0 Å². The average Bonchev–Trinajstić information content (AvgIpc) is 2.65. The number of hydrogen-bond donors (Lipinski definition) is 1. The highest BCUT2D eigenvalue weighted by Crippen LogP contribution is 2.37. The molecule has 2 aromatic rings. The fraction of sp³-hybridized carbons (Fsp3) is 0.368. The summed E-state index contributed by atoms with van der Waals surface area (Å²) in [6.07, 6.45) is 1.01. The monoisotopic (exact) mass is 330 g/mol. The lowest BCUT2D eigenvalue weighted by Crippen LogP contribution is -2.87. The molecule has 1 atom stereocenters. The van der Waals surface area contributed by atoms with Crippen LogP contribution in [0, 0.1) is 0 Å². The van der Waals surface area contributed by atoms with E-state index in [1.165, 1.54) is 16.7 Å². The normalized spacial score (nSPS) is 16.2. The van der Waals surface area contributed by atoms with Gasteiger partial charge in [0.1, 0.15) is 6.04 Å². The molecule has 0 aliphatic carbocycles. The smallest absolute Gasteiger partial charge is 0.161 e. The molecule has 1 aliphatic rings. The van der Waals surface area contributed by atoms with Crippen LogP contribution in [-0.2, 0) is 6.42 Å². The predicted octanol–water partition coefficient (Wildman–Crippen LogP) is 1.93. The lowest BCUT2D eigenvalue weighted by atomic mass is 9.89. The van der Waals surface area contributed by atoms with E-state index in [9.17, 15) is 0 Å². The maximum absolute atomic E-state index is 5.48. The van der Waals surface area contributed by atoms with Gasteiger partial charge in [0, 0.05) is 17.5 Å². The van der Waals surface area contributed by atoms with Crippen molar-refractivity contribution in [3.05, 3.63) is 47.0 Å². The molecule has 2 aromatic carbocycles. The molecular formula is C19H24NO4+. The molecule has 0 bridgehead atoms. The molecule has 0 amide bonds. The zero-order valence-corrected chi connectivity index (χ0v) is 14.6. The lowest BCUT2D eigenvalue weighted by molar-refractivity contribution is -0.690. The molecule has 0 saturated carbocycles. The molecule has 0 fully saturated rings. The third-order valence-electron chi connectivity index (χ3n) is 4.56. The van der Waals surface area contributed by atoms with Gasteiger partial charge in [0.25, 0.3) is 0 Å². The maximum atomic E-state index is 5.48. The topological polar surface area (TPSA) is 53.5 Å². The minimum absolute atomic E-state index is 0.202. The Bertz CT molecular complexity index is 730. The van der Waals surface area contributed by atoms with Gasteiger partial charge < -0.3 is 24.3 Å².